The van der Waals surface area contributed by atoms with Crippen molar-refractivity contribution >= 4 is 32.9 Å². The summed E-state index contributed by atoms with van der Waals surface area (Å²) in [7, 11) is 1.63. The first kappa shape index (κ1) is 17.5. The van der Waals surface area contributed by atoms with Gasteiger partial charge in [-0.2, -0.15) is 0 Å². The maximum Gasteiger partial charge on any atom is 0.279 e. The van der Waals surface area contributed by atoms with Gasteiger partial charge in [0.25, 0.3) is 5.19 Å². The highest BCUT2D eigenvalue weighted by atomic mass is 32.1. The largest absolute Gasteiger partial charge is 0.512 e. The van der Waals surface area contributed by atoms with Gasteiger partial charge in [-0.05, 0) is 47.9 Å². The van der Waals surface area contributed by atoms with Gasteiger partial charge in [-0.25, -0.2) is 4.98 Å². The van der Waals surface area contributed by atoms with E-state index in [1.807, 2.05) is 43.3 Å². The number of hydrogen-bond donors (Lipinski definition) is 1. The fourth-order valence-electron chi connectivity index (χ4n) is 3.26. The Morgan fingerprint density at radius 3 is 2.67 bits per heavy atom. The molecule has 0 bridgehead atoms. The lowest BCUT2D eigenvalue weighted by molar-refractivity contribution is -0.113. The van der Waals surface area contributed by atoms with Crippen molar-refractivity contribution in [1.82, 2.24) is 4.98 Å². The Balaban J connectivity index is 1.70. The lowest BCUT2D eigenvalue weighted by Gasteiger charge is -2.11. The molecule has 5 nitrogen and oxygen atoms in total. The van der Waals surface area contributed by atoms with E-state index >= 15 is 0 Å². The first-order valence-electron chi connectivity index (χ1n) is 8.80. The quantitative estimate of drug-likeness (QED) is 0.650. The van der Waals surface area contributed by atoms with E-state index < -0.39 is 0 Å². The van der Waals surface area contributed by atoms with Crippen LogP contribution in [0.4, 0.5) is 0 Å². The Hall–Kier alpha value is -2.86. The number of benzene rings is 2. The predicted molar refractivity (Wildman–Crippen MR) is 106 cm³/mol. The number of rotatable bonds is 5. The first-order valence-corrected chi connectivity index (χ1v) is 9.61. The molecule has 1 aromatic heterocycles. The number of aromatic nitrogens is 1. The van der Waals surface area contributed by atoms with Gasteiger partial charge in [-0.3, -0.25) is 4.79 Å². The number of ether oxygens (including phenoxy) is 2. The van der Waals surface area contributed by atoms with Gasteiger partial charge in [-0.1, -0.05) is 24.3 Å². The Labute approximate surface area is 160 Å². The molecule has 4 rings (SSSR count). The average Bonchev–Trinajstić information content (AvgIpc) is 3.22. The Morgan fingerprint density at radius 1 is 1.15 bits per heavy atom. The fraction of sp³-hybridized carbons (Fsp3) is 0.238. The second kappa shape index (κ2) is 7.04. The predicted octanol–water partition coefficient (Wildman–Crippen LogP) is 5.29. The molecule has 1 N–H and O–H groups in total. The Kier molecular flexibility index (Phi) is 4.58. The van der Waals surface area contributed by atoms with Gasteiger partial charge in [0.05, 0.1) is 22.9 Å². The summed E-state index contributed by atoms with van der Waals surface area (Å²) in [6.07, 6.45) is 1.53. The van der Waals surface area contributed by atoms with Crippen molar-refractivity contribution < 1.29 is 19.4 Å². The molecule has 1 aliphatic carbocycles. The monoisotopic (exact) mass is 381 g/mol. The summed E-state index contributed by atoms with van der Waals surface area (Å²) in [6.45, 7) is 2.03. The highest BCUT2D eigenvalue weighted by molar-refractivity contribution is 7.20. The summed E-state index contributed by atoms with van der Waals surface area (Å²) in [4.78, 5) is 16.7. The van der Waals surface area contributed by atoms with Crippen LogP contribution in [-0.4, -0.2) is 23.0 Å². The lowest BCUT2D eigenvalue weighted by Crippen LogP contribution is -2.01. The van der Waals surface area contributed by atoms with Crippen LogP contribution < -0.4 is 9.47 Å². The molecule has 0 radical (unpaired) electrons. The Bertz CT molecular complexity index is 1070. The summed E-state index contributed by atoms with van der Waals surface area (Å²) in [5, 5.41) is 10.7. The fourth-order valence-corrected chi connectivity index (χ4v) is 4.13. The molecular weight excluding hydrogens is 362 g/mol. The number of methoxy groups -OCH3 is 1. The first-order chi connectivity index (χ1) is 13.1. The maximum atomic E-state index is 12.2. The highest BCUT2D eigenvalue weighted by Gasteiger charge is 2.26. The molecule has 1 heterocycles. The number of thiazole rings is 1. The molecule has 138 valence electrons. The lowest BCUT2D eigenvalue weighted by atomic mass is 9.96. The number of carbonyl (C=O) groups is 1. The van der Waals surface area contributed by atoms with Crippen LogP contribution in [0.2, 0.25) is 0 Å². The minimum Gasteiger partial charge on any atom is -0.512 e. The van der Waals surface area contributed by atoms with Crippen molar-refractivity contribution in [2.75, 3.05) is 7.11 Å². The van der Waals surface area contributed by atoms with Crippen molar-refractivity contribution in [1.29, 1.82) is 0 Å². The number of ketones is 1. The van der Waals surface area contributed by atoms with Crippen LogP contribution in [0.3, 0.4) is 0 Å². The van der Waals surface area contributed by atoms with Crippen molar-refractivity contribution in [3.63, 3.8) is 0 Å². The van der Waals surface area contributed by atoms with Gasteiger partial charge in [0.2, 0.25) is 0 Å². The van der Waals surface area contributed by atoms with Crippen molar-refractivity contribution in [2.24, 2.45) is 0 Å². The van der Waals surface area contributed by atoms with Crippen molar-refractivity contribution in [2.45, 2.75) is 26.2 Å². The number of Topliss-reactive ketones (excluding diaryl/α,β-unsaturated/α-hetero) is 1. The molecule has 0 atom stereocenters. The van der Waals surface area contributed by atoms with Crippen LogP contribution in [0.25, 0.3) is 15.8 Å². The molecule has 6 heteroatoms. The van der Waals surface area contributed by atoms with E-state index in [2.05, 4.69) is 4.98 Å². The standard InChI is InChI=1S/C21H19NO4S/c1-3-12-4-5-14(10-15(12)20-17(23)8-9-18(20)24)26-21-22-16-7-6-13(25-2)11-19(16)27-21/h4-7,10-11,23H,3,8-9H2,1-2H3. The van der Waals surface area contributed by atoms with Crippen LogP contribution >= 0.6 is 11.3 Å². The summed E-state index contributed by atoms with van der Waals surface area (Å²) in [6, 6.07) is 11.3. The smallest absolute Gasteiger partial charge is 0.279 e. The summed E-state index contributed by atoms with van der Waals surface area (Å²) >= 11 is 1.43. The number of allylic oxidation sites excluding steroid dienone is 2. The third-order valence-electron chi connectivity index (χ3n) is 4.67. The second-order valence-corrected chi connectivity index (χ2v) is 7.33. The number of aryl methyl sites for hydroxylation is 1. The van der Waals surface area contributed by atoms with Crippen LogP contribution in [0.15, 0.2) is 42.2 Å². The van der Waals surface area contributed by atoms with Crippen LogP contribution in [0.5, 0.6) is 16.7 Å². The SMILES string of the molecule is CCc1ccc(Oc2nc3ccc(OC)cc3s2)cc1C1=C(O)CCC1=O. The van der Waals surface area contributed by atoms with Crippen molar-refractivity contribution in [3.8, 4) is 16.7 Å². The molecule has 3 aromatic rings. The van der Waals surface area contributed by atoms with E-state index in [-0.39, 0.29) is 11.5 Å². The molecule has 0 unspecified atom stereocenters. The van der Waals surface area contributed by atoms with Gasteiger partial charge in [0, 0.05) is 12.8 Å². The average molecular weight is 381 g/mol. The number of aliphatic hydroxyl groups is 1. The molecule has 0 saturated heterocycles. The van der Waals surface area contributed by atoms with Crippen LogP contribution in [0.1, 0.15) is 30.9 Å². The van der Waals surface area contributed by atoms with E-state index in [4.69, 9.17) is 9.47 Å². The van der Waals surface area contributed by atoms with E-state index in [1.165, 1.54) is 11.3 Å². The summed E-state index contributed by atoms with van der Waals surface area (Å²) in [5.41, 5.74) is 3.02. The van der Waals surface area contributed by atoms with Crippen LogP contribution in [-0.2, 0) is 11.2 Å². The number of fused-ring (bicyclic) bond motifs is 1. The van der Waals surface area contributed by atoms with Crippen LogP contribution in [0, 0.1) is 0 Å². The molecule has 2 aromatic carbocycles. The zero-order chi connectivity index (χ0) is 19.0. The number of aliphatic hydroxyl groups excluding tert-OH is 1. The van der Waals surface area contributed by atoms with E-state index in [9.17, 15) is 9.90 Å². The third kappa shape index (κ3) is 3.28. The molecule has 0 saturated carbocycles. The zero-order valence-electron chi connectivity index (χ0n) is 15.1. The second-order valence-electron chi connectivity index (χ2n) is 6.33. The summed E-state index contributed by atoms with van der Waals surface area (Å²) < 4.78 is 12.2. The normalized spacial score (nSPS) is 14.2. The van der Waals surface area contributed by atoms with Gasteiger partial charge < -0.3 is 14.6 Å². The highest BCUT2D eigenvalue weighted by Crippen LogP contribution is 2.37. The molecular formula is C21H19NO4S. The molecule has 0 fully saturated rings. The van der Waals surface area contributed by atoms with Gasteiger partial charge in [0.1, 0.15) is 17.3 Å². The van der Waals surface area contributed by atoms with Gasteiger partial charge in [0.15, 0.2) is 5.78 Å². The maximum absolute atomic E-state index is 12.2. The number of carbonyl (C=O) groups excluding carboxylic acids is 1. The zero-order valence-corrected chi connectivity index (χ0v) is 15.9. The van der Waals surface area contributed by atoms with Gasteiger partial charge >= 0.3 is 0 Å². The number of nitrogens with zero attached hydrogens (tertiary/aromatic N) is 1. The van der Waals surface area contributed by atoms with Gasteiger partial charge in [-0.15, -0.1) is 0 Å². The van der Waals surface area contributed by atoms with E-state index in [0.717, 1.165) is 33.5 Å². The molecule has 0 spiro atoms. The number of hydrogen-bond acceptors (Lipinski definition) is 6. The van der Waals surface area contributed by atoms with Crippen molar-refractivity contribution in [3.05, 3.63) is 53.3 Å². The minimum absolute atomic E-state index is 0.0218. The molecule has 0 aliphatic heterocycles. The van der Waals surface area contributed by atoms with E-state index in [0.29, 0.717) is 29.4 Å². The molecule has 0 amide bonds. The van der Waals surface area contributed by atoms with E-state index in [1.54, 1.807) is 7.11 Å². The molecule has 27 heavy (non-hydrogen) atoms. The topological polar surface area (TPSA) is 68.7 Å². The third-order valence-corrected chi connectivity index (χ3v) is 5.57. The molecule has 1 aliphatic rings. The minimum atomic E-state index is -0.0218. The Morgan fingerprint density at radius 2 is 1.96 bits per heavy atom. The summed E-state index contributed by atoms with van der Waals surface area (Å²) in [5.74, 6) is 1.51.